The maximum Gasteiger partial charge on any atom is 0.339 e. The van der Waals surface area contributed by atoms with Gasteiger partial charge in [0.05, 0.1) is 11.9 Å². The van der Waals surface area contributed by atoms with Crippen LogP contribution in [0.25, 0.3) is 5.69 Å². The molecule has 0 unspecified atom stereocenters. The highest BCUT2D eigenvalue weighted by Crippen LogP contribution is 2.10. The SMILES string of the molecule is O=C(NN=Cc1cccn1-c1ccccc1)Nc1ccccc1. The second-order valence-electron chi connectivity index (χ2n) is 4.83. The Bertz CT molecular complexity index is 794. The zero-order valence-electron chi connectivity index (χ0n) is 12.4. The predicted molar refractivity (Wildman–Crippen MR) is 92.0 cm³/mol. The molecule has 0 aliphatic carbocycles. The van der Waals surface area contributed by atoms with Gasteiger partial charge in [0.2, 0.25) is 0 Å². The van der Waals surface area contributed by atoms with Gasteiger partial charge in [0.25, 0.3) is 0 Å². The van der Waals surface area contributed by atoms with Crippen LogP contribution >= 0.6 is 0 Å². The Kier molecular flexibility index (Phi) is 4.49. The van der Waals surface area contributed by atoms with E-state index in [-0.39, 0.29) is 6.03 Å². The molecule has 2 amide bonds. The lowest BCUT2D eigenvalue weighted by Crippen LogP contribution is -2.24. The number of hydrogen-bond donors (Lipinski definition) is 2. The molecule has 1 heterocycles. The third kappa shape index (κ3) is 3.85. The molecule has 5 nitrogen and oxygen atoms in total. The first-order chi connectivity index (χ1) is 11.3. The van der Waals surface area contributed by atoms with Crippen molar-refractivity contribution < 1.29 is 4.79 Å². The molecule has 0 radical (unpaired) electrons. The van der Waals surface area contributed by atoms with Crippen LogP contribution in [0.15, 0.2) is 84.1 Å². The van der Waals surface area contributed by atoms with Gasteiger partial charge in [-0.05, 0) is 36.4 Å². The number of hydrogen-bond acceptors (Lipinski definition) is 2. The lowest BCUT2D eigenvalue weighted by molar-refractivity contribution is 0.252. The van der Waals surface area contributed by atoms with Crippen molar-refractivity contribution in [2.45, 2.75) is 0 Å². The predicted octanol–water partition coefficient (Wildman–Crippen LogP) is 3.63. The monoisotopic (exact) mass is 304 g/mol. The number of nitrogens with zero attached hydrogens (tertiary/aromatic N) is 2. The Balaban J connectivity index is 1.63. The lowest BCUT2D eigenvalue weighted by atomic mass is 10.3. The molecule has 0 fully saturated rings. The first-order valence-corrected chi connectivity index (χ1v) is 7.21. The summed E-state index contributed by atoms with van der Waals surface area (Å²) in [5.41, 5.74) is 5.08. The minimum absolute atomic E-state index is 0.384. The van der Waals surface area contributed by atoms with E-state index in [1.54, 1.807) is 6.21 Å². The van der Waals surface area contributed by atoms with Crippen molar-refractivity contribution in [3.05, 3.63) is 84.7 Å². The van der Waals surface area contributed by atoms with Crippen LogP contribution in [0.5, 0.6) is 0 Å². The molecule has 2 N–H and O–H groups in total. The van der Waals surface area contributed by atoms with Crippen molar-refractivity contribution in [3.8, 4) is 5.69 Å². The molecule has 23 heavy (non-hydrogen) atoms. The maximum atomic E-state index is 11.8. The molecule has 0 saturated carbocycles. The highest BCUT2D eigenvalue weighted by Gasteiger charge is 2.01. The number of anilines is 1. The number of carbonyl (C=O) groups excluding carboxylic acids is 1. The van der Waals surface area contributed by atoms with Crippen molar-refractivity contribution >= 4 is 17.9 Å². The van der Waals surface area contributed by atoms with E-state index in [1.165, 1.54) is 0 Å². The number of nitrogens with one attached hydrogen (secondary N) is 2. The van der Waals surface area contributed by atoms with Crippen LogP contribution in [-0.2, 0) is 0 Å². The average Bonchev–Trinajstić information content (AvgIpc) is 3.05. The molecule has 114 valence electrons. The number of para-hydroxylation sites is 2. The summed E-state index contributed by atoms with van der Waals surface area (Å²) in [5, 5.41) is 6.69. The molecule has 0 bridgehead atoms. The number of hydrazone groups is 1. The summed E-state index contributed by atoms with van der Waals surface area (Å²) < 4.78 is 1.99. The smallest absolute Gasteiger partial charge is 0.316 e. The van der Waals surface area contributed by atoms with Gasteiger partial charge in [-0.25, -0.2) is 10.2 Å². The fourth-order valence-corrected chi connectivity index (χ4v) is 2.16. The third-order valence-electron chi connectivity index (χ3n) is 3.21. The topological polar surface area (TPSA) is 58.4 Å². The summed E-state index contributed by atoms with van der Waals surface area (Å²) in [6, 6.07) is 22.6. The van der Waals surface area contributed by atoms with Gasteiger partial charge in [0.1, 0.15) is 0 Å². The molecule has 0 aliphatic rings. The number of aromatic nitrogens is 1. The Morgan fingerprint density at radius 2 is 1.61 bits per heavy atom. The second-order valence-corrected chi connectivity index (χ2v) is 4.83. The number of carbonyl (C=O) groups is 1. The van der Waals surface area contributed by atoms with Crippen molar-refractivity contribution in [3.63, 3.8) is 0 Å². The van der Waals surface area contributed by atoms with Gasteiger partial charge >= 0.3 is 6.03 Å². The van der Waals surface area contributed by atoms with E-state index >= 15 is 0 Å². The minimum Gasteiger partial charge on any atom is -0.316 e. The van der Waals surface area contributed by atoms with Crippen molar-refractivity contribution in [2.24, 2.45) is 5.10 Å². The largest absolute Gasteiger partial charge is 0.339 e. The van der Waals surface area contributed by atoms with Crippen LogP contribution in [0.4, 0.5) is 10.5 Å². The van der Waals surface area contributed by atoms with Crippen LogP contribution in [-0.4, -0.2) is 16.8 Å². The van der Waals surface area contributed by atoms with Crippen molar-refractivity contribution in [1.82, 2.24) is 9.99 Å². The molecule has 2 aromatic carbocycles. The second kappa shape index (κ2) is 7.09. The highest BCUT2D eigenvalue weighted by molar-refractivity contribution is 5.90. The molecular formula is C18H16N4O. The van der Waals surface area contributed by atoms with Gasteiger partial charge in [-0.1, -0.05) is 36.4 Å². The van der Waals surface area contributed by atoms with E-state index < -0.39 is 0 Å². The Hall–Kier alpha value is -3.34. The van der Waals surface area contributed by atoms with Crippen LogP contribution in [0, 0.1) is 0 Å². The summed E-state index contributed by atoms with van der Waals surface area (Å²) in [4.78, 5) is 11.8. The Morgan fingerprint density at radius 3 is 2.35 bits per heavy atom. The van der Waals surface area contributed by atoms with Gasteiger partial charge in [0, 0.05) is 17.6 Å². The summed E-state index contributed by atoms with van der Waals surface area (Å²) in [5.74, 6) is 0. The van der Waals surface area contributed by atoms with Crippen LogP contribution in [0.2, 0.25) is 0 Å². The number of rotatable bonds is 4. The van der Waals surface area contributed by atoms with Crippen LogP contribution in [0.1, 0.15) is 5.69 Å². The molecular weight excluding hydrogens is 288 g/mol. The third-order valence-corrected chi connectivity index (χ3v) is 3.21. The zero-order chi connectivity index (χ0) is 15.9. The van der Waals surface area contributed by atoms with Gasteiger partial charge < -0.3 is 9.88 Å². The lowest BCUT2D eigenvalue weighted by Gasteiger charge is -2.06. The molecule has 3 rings (SSSR count). The standard InChI is InChI=1S/C18H16N4O/c23-18(20-15-8-3-1-4-9-15)21-19-14-17-12-7-13-22(17)16-10-5-2-6-11-16/h1-14H,(H2,20,21,23). The van der Waals surface area contributed by atoms with Gasteiger partial charge in [-0.3, -0.25) is 0 Å². The van der Waals surface area contributed by atoms with E-state index in [4.69, 9.17) is 0 Å². The first kappa shape index (κ1) is 14.6. The van der Waals surface area contributed by atoms with Gasteiger partial charge in [-0.15, -0.1) is 0 Å². The highest BCUT2D eigenvalue weighted by atomic mass is 16.2. The van der Waals surface area contributed by atoms with E-state index in [0.717, 1.165) is 11.4 Å². The van der Waals surface area contributed by atoms with E-state index in [0.29, 0.717) is 5.69 Å². The molecule has 3 aromatic rings. The number of urea groups is 1. The quantitative estimate of drug-likeness (QED) is 0.561. The van der Waals surface area contributed by atoms with Crippen molar-refractivity contribution in [2.75, 3.05) is 5.32 Å². The molecule has 5 heteroatoms. The summed E-state index contributed by atoms with van der Waals surface area (Å²) in [7, 11) is 0. The Morgan fingerprint density at radius 1 is 0.913 bits per heavy atom. The Labute approximate surface area is 134 Å². The molecule has 0 spiro atoms. The zero-order valence-corrected chi connectivity index (χ0v) is 12.4. The summed E-state index contributed by atoms with van der Waals surface area (Å²) >= 11 is 0. The van der Waals surface area contributed by atoms with E-state index in [2.05, 4.69) is 15.8 Å². The van der Waals surface area contributed by atoms with Crippen LogP contribution < -0.4 is 10.7 Å². The summed E-state index contributed by atoms with van der Waals surface area (Å²) in [6.07, 6.45) is 3.55. The number of amides is 2. The maximum absolute atomic E-state index is 11.8. The molecule has 0 aliphatic heterocycles. The van der Waals surface area contributed by atoms with Gasteiger partial charge in [-0.2, -0.15) is 5.10 Å². The summed E-state index contributed by atoms with van der Waals surface area (Å²) in [6.45, 7) is 0. The normalized spacial score (nSPS) is 10.6. The van der Waals surface area contributed by atoms with E-state index in [9.17, 15) is 4.79 Å². The average molecular weight is 304 g/mol. The fraction of sp³-hybridized carbons (Fsp3) is 0. The molecule has 1 aromatic heterocycles. The molecule has 0 saturated heterocycles. The minimum atomic E-state index is -0.384. The van der Waals surface area contributed by atoms with Crippen LogP contribution in [0.3, 0.4) is 0 Å². The van der Waals surface area contributed by atoms with Gasteiger partial charge in [0.15, 0.2) is 0 Å². The molecule has 0 atom stereocenters. The van der Waals surface area contributed by atoms with Crippen molar-refractivity contribution in [1.29, 1.82) is 0 Å². The number of benzene rings is 2. The fourth-order valence-electron chi connectivity index (χ4n) is 2.16. The van der Waals surface area contributed by atoms with E-state index in [1.807, 2.05) is 83.6 Å². The first-order valence-electron chi connectivity index (χ1n) is 7.21.